The van der Waals surface area contributed by atoms with Crippen LogP contribution in [-0.2, 0) is 9.53 Å². The number of furan rings is 1. The van der Waals surface area contributed by atoms with E-state index in [1.54, 1.807) is 13.8 Å². The van der Waals surface area contributed by atoms with Crippen molar-refractivity contribution in [1.29, 1.82) is 0 Å². The number of anilines is 2. The first-order valence-electron chi connectivity index (χ1n) is 10.6. The molecule has 1 aromatic carbocycles. The first-order chi connectivity index (χ1) is 14.8. The molecule has 8 nitrogen and oxygen atoms in total. The normalized spacial score (nSPS) is 14.4. The van der Waals surface area contributed by atoms with Gasteiger partial charge in [0, 0.05) is 5.69 Å². The van der Waals surface area contributed by atoms with Crippen LogP contribution in [0.2, 0.25) is 0 Å². The number of ether oxygens (including phenoxy) is 1. The van der Waals surface area contributed by atoms with Crippen molar-refractivity contribution >= 4 is 29.2 Å². The number of carbonyl (C=O) groups is 3. The summed E-state index contributed by atoms with van der Waals surface area (Å²) >= 11 is 0. The van der Waals surface area contributed by atoms with Gasteiger partial charge in [-0.3, -0.25) is 14.9 Å². The van der Waals surface area contributed by atoms with E-state index < -0.39 is 5.97 Å². The van der Waals surface area contributed by atoms with Crippen molar-refractivity contribution in [2.75, 3.05) is 49.5 Å². The van der Waals surface area contributed by atoms with E-state index in [1.165, 1.54) is 18.2 Å². The van der Waals surface area contributed by atoms with E-state index in [1.807, 2.05) is 12.1 Å². The fourth-order valence-corrected chi connectivity index (χ4v) is 4.01. The molecule has 1 aliphatic heterocycles. The zero-order valence-electron chi connectivity index (χ0n) is 18.5. The number of benzene rings is 1. The molecule has 1 saturated heterocycles. The van der Waals surface area contributed by atoms with Gasteiger partial charge in [-0.1, -0.05) is 18.2 Å². The number of ketones is 1. The van der Waals surface area contributed by atoms with Crippen LogP contribution in [0.3, 0.4) is 0 Å². The fraction of sp³-hybridized carbons (Fsp3) is 0.435. The average Bonchev–Trinajstić information content (AvgIpc) is 3.05. The number of hydrogen-bond donors (Lipinski definition) is 2. The molecule has 0 unspecified atom stereocenters. The molecular weight excluding hydrogens is 398 g/mol. The van der Waals surface area contributed by atoms with E-state index in [4.69, 9.17) is 9.15 Å². The molecule has 0 bridgehead atoms. The number of piperazine rings is 1. The van der Waals surface area contributed by atoms with Gasteiger partial charge in [0.1, 0.15) is 11.3 Å². The number of amides is 1. The third kappa shape index (κ3) is 5.14. The highest BCUT2D eigenvalue weighted by Gasteiger charge is 2.30. The Bertz CT molecular complexity index is 974. The molecule has 1 aliphatic rings. The van der Waals surface area contributed by atoms with Gasteiger partial charge in [-0.25, -0.2) is 4.79 Å². The second kappa shape index (κ2) is 9.78. The van der Waals surface area contributed by atoms with Gasteiger partial charge in [-0.05, 0) is 39.3 Å². The van der Waals surface area contributed by atoms with E-state index in [-0.39, 0.29) is 47.6 Å². The first-order valence-corrected chi connectivity index (χ1v) is 10.6. The van der Waals surface area contributed by atoms with Crippen molar-refractivity contribution in [3.05, 3.63) is 46.7 Å². The monoisotopic (exact) mass is 428 g/mol. The molecule has 2 heterocycles. The first kappa shape index (κ1) is 22.6. The number of aryl methyl sites for hydroxylation is 2. The predicted molar refractivity (Wildman–Crippen MR) is 117 cm³/mol. The van der Waals surface area contributed by atoms with Gasteiger partial charge < -0.3 is 19.0 Å². The van der Waals surface area contributed by atoms with Gasteiger partial charge >= 0.3 is 5.97 Å². The summed E-state index contributed by atoms with van der Waals surface area (Å²) in [5, 5.41) is 2.67. The topological polar surface area (TPSA) is 93.3 Å². The van der Waals surface area contributed by atoms with Crippen molar-refractivity contribution in [1.82, 2.24) is 0 Å². The second-order valence-corrected chi connectivity index (χ2v) is 7.76. The molecule has 0 aliphatic carbocycles. The van der Waals surface area contributed by atoms with Crippen molar-refractivity contribution in [2.24, 2.45) is 0 Å². The number of hydrogen-bond acceptors (Lipinski definition) is 6. The molecular formula is C23H30N3O5+. The molecule has 2 aromatic rings. The summed E-state index contributed by atoms with van der Waals surface area (Å²) in [7, 11) is 0. The number of esters is 1. The zero-order valence-corrected chi connectivity index (χ0v) is 18.5. The molecule has 8 heteroatoms. The lowest BCUT2D eigenvalue weighted by molar-refractivity contribution is -0.892. The van der Waals surface area contributed by atoms with E-state index in [2.05, 4.69) is 29.3 Å². The average molecular weight is 429 g/mol. The Labute approximate surface area is 182 Å². The number of rotatable bonds is 7. The number of nitrogens with zero attached hydrogens (tertiary/aromatic N) is 1. The van der Waals surface area contributed by atoms with E-state index in [9.17, 15) is 14.4 Å². The largest absolute Gasteiger partial charge is 0.462 e. The molecule has 166 valence electrons. The van der Waals surface area contributed by atoms with Crippen LogP contribution in [0.25, 0.3) is 0 Å². The number of nitrogens with one attached hydrogen (secondary N) is 2. The maximum atomic E-state index is 12.7. The van der Waals surface area contributed by atoms with E-state index in [0.717, 1.165) is 31.1 Å². The molecule has 2 N–H and O–H groups in total. The highest BCUT2D eigenvalue weighted by Crippen LogP contribution is 2.28. The van der Waals surface area contributed by atoms with E-state index >= 15 is 0 Å². The lowest BCUT2D eigenvalue weighted by Crippen LogP contribution is -3.15. The van der Waals surface area contributed by atoms with Gasteiger partial charge in [0.15, 0.2) is 12.3 Å². The molecule has 0 radical (unpaired) electrons. The maximum Gasteiger partial charge on any atom is 0.344 e. The van der Waals surface area contributed by atoms with Gasteiger partial charge in [-0.2, -0.15) is 0 Å². The lowest BCUT2D eigenvalue weighted by atomic mass is 10.1. The minimum absolute atomic E-state index is 0.0143. The molecule has 0 spiro atoms. The minimum atomic E-state index is -0.681. The van der Waals surface area contributed by atoms with Crippen LogP contribution in [0.4, 0.5) is 11.6 Å². The summed E-state index contributed by atoms with van der Waals surface area (Å²) in [4.78, 5) is 40.5. The van der Waals surface area contributed by atoms with Crippen LogP contribution in [0.5, 0.6) is 0 Å². The van der Waals surface area contributed by atoms with Gasteiger partial charge in [0.25, 0.3) is 5.91 Å². The summed E-state index contributed by atoms with van der Waals surface area (Å²) in [5.74, 6) is -1.01. The molecule has 1 amide bonds. The van der Waals surface area contributed by atoms with Crippen molar-refractivity contribution < 1.29 is 28.4 Å². The molecule has 0 saturated carbocycles. The Morgan fingerprint density at radius 3 is 2.42 bits per heavy atom. The Morgan fingerprint density at radius 2 is 1.81 bits per heavy atom. The lowest BCUT2D eigenvalue weighted by Gasteiger charge is -2.34. The van der Waals surface area contributed by atoms with Crippen LogP contribution < -0.4 is 15.1 Å². The highest BCUT2D eigenvalue weighted by atomic mass is 16.5. The van der Waals surface area contributed by atoms with Crippen LogP contribution >= 0.6 is 0 Å². The fourth-order valence-electron chi connectivity index (χ4n) is 4.01. The smallest absolute Gasteiger partial charge is 0.344 e. The van der Waals surface area contributed by atoms with E-state index in [0.29, 0.717) is 0 Å². The Kier molecular flexibility index (Phi) is 7.12. The Hall–Kier alpha value is -3.13. The SMILES string of the molecule is CCOC(=O)c1c(NC(=O)C[NH+]2CCN(c3ccccc3C)CC2)oc(C)c1C(C)=O. The third-order valence-electron chi connectivity index (χ3n) is 5.51. The zero-order chi connectivity index (χ0) is 22.5. The second-order valence-electron chi connectivity index (χ2n) is 7.76. The van der Waals surface area contributed by atoms with Crippen LogP contribution in [0.15, 0.2) is 28.7 Å². The summed E-state index contributed by atoms with van der Waals surface area (Å²) < 4.78 is 10.6. The predicted octanol–water partition coefficient (Wildman–Crippen LogP) is 1.62. The molecule has 31 heavy (non-hydrogen) atoms. The molecule has 0 atom stereocenters. The molecule has 3 rings (SSSR count). The van der Waals surface area contributed by atoms with Crippen molar-refractivity contribution in [3.8, 4) is 0 Å². The Balaban J connectivity index is 1.64. The molecule has 1 fully saturated rings. The van der Waals surface area contributed by atoms with Crippen LogP contribution in [0.1, 0.15) is 45.9 Å². The molecule has 1 aromatic heterocycles. The van der Waals surface area contributed by atoms with Gasteiger partial charge in [0.2, 0.25) is 5.88 Å². The standard InChI is InChI=1S/C23H29N3O5/c1-5-30-23(29)21-20(16(3)27)17(4)31-22(21)24-19(28)14-25-10-12-26(13-11-25)18-9-7-6-8-15(18)2/h6-9H,5,10-14H2,1-4H3,(H,24,28)/p+1. The minimum Gasteiger partial charge on any atom is -0.462 e. The van der Waals surface area contributed by atoms with Crippen molar-refractivity contribution in [2.45, 2.75) is 27.7 Å². The summed E-state index contributed by atoms with van der Waals surface area (Å²) in [6, 6.07) is 8.29. The van der Waals surface area contributed by atoms with Crippen LogP contribution in [0, 0.1) is 13.8 Å². The number of Topliss-reactive ketones (excluding diaryl/α,β-unsaturated/α-hetero) is 1. The third-order valence-corrected chi connectivity index (χ3v) is 5.51. The van der Waals surface area contributed by atoms with Gasteiger partial charge in [0.05, 0.1) is 38.3 Å². The summed E-state index contributed by atoms with van der Waals surface area (Å²) in [6.07, 6.45) is 0. The summed E-state index contributed by atoms with van der Waals surface area (Å²) in [5.41, 5.74) is 2.60. The van der Waals surface area contributed by atoms with Crippen molar-refractivity contribution in [3.63, 3.8) is 0 Å². The number of carbonyl (C=O) groups excluding carboxylic acids is 3. The highest BCUT2D eigenvalue weighted by molar-refractivity contribution is 6.10. The number of para-hydroxylation sites is 1. The maximum absolute atomic E-state index is 12.7. The van der Waals surface area contributed by atoms with Gasteiger partial charge in [-0.15, -0.1) is 0 Å². The quantitative estimate of drug-likeness (QED) is 0.514. The Morgan fingerprint density at radius 1 is 1.13 bits per heavy atom. The number of quaternary nitrogens is 1. The van der Waals surface area contributed by atoms with Crippen LogP contribution in [-0.4, -0.2) is 57.0 Å². The summed E-state index contributed by atoms with van der Waals surface area (Å²) in [6.45, 7) is 10.5.